The summed E-state index contributed by atoms with van der Waals surface area (Å²) in [5.41, 5.74) is 0. The van der Waals surface area contributed by atoms with Gasteiger partial charge in [-0.3, -0.25) is 9.59 Å². The van der Waals surface area contributed by atoms with E-state index in [1.165, 1.54) is 4.90 Å². The minimum Gasteiger partial charge on any atom is -0.466 e. The highest BCUT2D eigenvalue weighted by Gasteiger charge is 2.34. The minimum atomic E-state index is -3.09. The maximum Gasteiger partial charge on any atom is 0.306 e. The fourth-order valence-corrected chi connectivity index (χ4v) is 3.86. The van der Waals surface area contributed by atoms with E-state index in [9.17, 15) is 18.0 Å². The summed E-state index contributed by atoms with van der Waals surface area (Å²) in [6.45, 7) is 2.01. The second-order valence-corrected chi connectivity index (χ2v) is 6.82. The third kappa shape index (κ3) is 4.85. The number of sulfone groups is 1. The van der Waals surface area contributed by atoms with Crippen LogP contribution in [0, 0.1) is 12.3 Å². The van der Waals surface area contributed by atoms with E-state index in [1.54, 1.807) is 6.92 Å². The first kappa shape index (κ1) is 16.5. The average Bonchev–Trinajstić information content (AvgIpc) is 2.73. The molecule has 112 valence electrons. The lowest BCUT2D eigenvalue weighted by molar-refractivity contribution is -0.146. The Morgan fingerprint density at radius 3 is 2.60 bits per heavy atom. The first-order valence-electron chi connectivity index (χ1n) is 6.48. The third-order valence-electron chi connectivity index (χ3n) is 3.08. The summed E-state index contributed by atoms with van der Waals surface area (Å²) in [5, 5.41) is 0. The number of ether oxygens (including phenoxy) is 1. The number of terminal acetylenes is 1. The number of carbonyl (C=O) groups excluding carboxylic acids is 2. The minimum absolute atomic E-state index is 0.0168. The lowest BCUT2D eigenvalue weighted by atomic mass is 10.2. The number of carbonyl (C=O) groups is 2. The number of esters is 1. The van der Waals surface area contributed by atoms with Gasteiger partial charge in [0.1, 0.15) is 0 Å². The molecular weight excluding hydrogens is 282 g/mol. The summed E-state index contributed by atoms with van der Waals surface area (Å²) in [6, 6.07) is -0.384. The van der Waals surface area contributed by atoms with Gasteiger partial charge in [0.2, 0.25) is 5.91 Å². The second kappa shape index (κ2) is 7.29. The van der Waals surface area contributed by atoms with E-state index < -0.39 is 15.8 Å². The Kier molecular flexibility index (Phi) is 6.02. The number of rotatable bonds is 6. The molecule has 0 spiro atoms. The van der Waals surface area contributed by atoms with Gasteiger partial charge in [-0.05, 0) is 13.3 Å². The van der Waals surface area contributed by atoms with Crippen molar-refractivity contribution >= 4 is 21.7 Å². The molecule has 0 radical (unpaired) electrons. The molecule has 0 aromatic rings. The van der Waals surface area contributed by atoms with Crippen molar-refractivity contribution in [1.29, 1.82) is 0 Å². The lowest BCUT2D eigenvalue weighted by Crippen LogP contribution is -2.41. The van der Waals surface area contributed by atoms with Crippen molar-refractivity contribution in [3.05, 3.63) is 0 Å². The summed E-state index contributed by atoms with van der Waals surface area (Å²) < 4.78 is 27.7. The number of nitrogens with zero attached hydrogens (tertiary/aromatic N) is 1. The first-order chi connectivity index (χ1) is 9.39. The van der Waals surface area contributed by atoms with Crippen molar-refractivity contribution in [3.63, 3.8) is 0 Å². The van der Waals surface area contributed by atoms with Gasteiger partial charge in [0.05, 0.1) is 31.1 Å². The number of hydrogen-bond acceptors (Lipinski definition) is 5. The molecule has 1 aliphatic heterocycles. The molecular formula is C13H19NO5S. The van der Waals surface area contributed by atoms with Crippen molar-refractivity contribution in [2.24, 2.45) is 0 Å². The maximum absolute atomic E-state index is 12.1. The topological polar surface area (TPSA) is 80.8 Å². The molecule has 1 amide bonds. The summed E-state index contributed by atoms with van der Waals surface area (Å²) in [5.74, 6) is 1.63. The normalized spacial score (nSPS) is 20.1. The van der Waals surface area contributed by atoms with E-state index in [4.69, 9.17) is 11.2 Å². The smallest absolute Gasteiger partial charge is 0.306 e. The van der Waals surface area contributed by atoms with Crippen LogP contribution in [-0.4, -0.2) is 55.9 Å². The van der Waals surface area contributed by atoms with Crippen LogP contribution in [0.2, 0.25) is 0 Å². The van der Waals surface area contributed by atoms with Gasteiger partial charge in [-0.2, -0.15) is 0 Å². The van der Waals surface area contributed by atoms with Crippen molar-refractivity contribution in [1.82, 2.24) is 4.90 Å². The van der Waals surface area contributed by atoms with E-state index in [2.05, 4.69) is 5.92 Å². The molecule has 0 aromatic carbocycles. The van der Waals surface area contributed by atoms with E-state index in [-0.39, 0.29) is 49.4 Å². The van der Waals surface area contributed by atoms with Gasteiger partial charge >= 0.3 is 5.97 Å². The zero-order valence-electron chi connectivity index (χ0n) is 11.5. The average molecular weight is 301 g/mol. The molecule has 1 heterocycles. The Labute approximate surface area is 119 Å². The van der Waals surface area contributed by atoms with Gasteiger partial charge in [0, 0.05) is 12.5 Å². The van der Waals surface area contributed by atoms with Crippen LogP contribution < -0.4 is 0 Å². The second-order valence-electron chi connectivity index (χ2n) is 4.59. The summed E-state index contributed by atoms with van der Waals surface area (Å²) in [6.07, 6.45) is 5.58. The van der Waals surface area contributed by atoms with Crippen LogP contribution in [-0.2, 0) is 24.2 Å². The fourth-order valence-electron chi connectivity index (χ4n) is 2.13. The number of hydrogen-bond donors (Lipinski definition) is 0. The van der Waals surface area contributed by atoms with Crippen molar-refractivity contribution in [2.45, 2.75) is 32.2 Å². The molecule has 0 aromatic heterocycles. The molecule has 20 heavy (non-hydrogen) atoms. The number of amides is 1. The van der Waals surface area contributed by atoms with Crippen molar-refractivity contribution in [3.8, 4) is 12.3 Å². The quantitative estimate of drug-likeness (QED) is 0.509. The van der Waals surface area contributed by atoms with Crippen molar-refractivity contribution in [2.75, 3.05) is 24.7 Å². The zero-order valence-corrected chi connectivity index (χ0v) is 12.3. The monoisotopic (exact) mass is 301 g/mol. The Hall–Kier alpha value is -1.55. The van der Waals surface area contributed by atoms with Gasteiger partial charge in [0.25, 0.3) is 0 Å². The third-order valence-corrected chi connectivity index (χ3v) is 4.83. The first-order valence-corrected chi connectivity index (χ1v) is 8.30. The van der Waals surface area contributed by atoms with E-state index >= 15 is 0 Å². The SMILES string of the molecule is C#CCN(C(=O)CCC(=O)OCC)C1CCS(=O)(=O)C1. The molecule has 0 aliphatic carbocycles. The highest BCUT2D eigenvalue weighted by Crippen LogP contribution is 2.18. The lowest BCUT2D eigenvalue weighted by Gasteiger charge is -2.26. The predicted molar refractivity (Wildman–Crippen MR) is 73.5 cm³/mol. The molecule has 0 N–H and O–H groups in total. The Morgan fingerprint density at radius 1 is 1.40 bits per heavy atom. The largest absolute Gasteiger partial charge is 0.466 e. The molecule has 7 heteroatoms. The summed E-state index contributed by atoms with van der Waals surface area (Å²) in [7, 11) is -3.09. The Bertz CT molecular complexity index is 505. The van der Waals surface area contributed by atoms with E-state index in [0.29, 0.717) is 6.42 Å². The van der Waals surface area contributed by atoms with Gasteiger partial charge in [0.15, 0.2) is 9.84 Å². The predicted octanol–water partition coefficient (Wildman–Crippen LogP) is -0.0214. The Balaban J connectivity index is 2.60. The maximum atomic E-state index is 12.1. The Morgan fingerprint density at radius 2 is 2.10 bits per heavy atom. The van der Waals surface area contributed by atoms with Crippen LogP contribution in [0.15, 0.2) is 0 Å². The fraction of sp³-hybridized carbons (Fsp3) is 0.692. The van der Waals surface area contributed by atoms with E-state index in [1.807, 2.05) is 0 Å². The molecule has 1 atom stereocenters. The van der Waals surface area contributed by atoms with Crippen LogP contribution in [0.4, 0.5) is 0 Å². The van der Waals surface area contributed by atoms with Gasteiger partial charge in [-0.25, -0.2) is 8.42 Å². The zero-order chi connectivity index (χ0) is 15.2. The molecule has 1 fully saturated rings. The highest BCUT2D eigenvalue weighted by atomic mass is 32.2. The highest BCUT2D eigenvalue weighted by molar-refractivity contribution is 7.91. The van der Waals surface area contributed by atoms with Crippen molar-refractivity contribution < 1.29 is 22.7 Å². The van der Waals surface area contributed by atoms with Crippen LogP contribution in [0.5, 0.6) is 0 Å². The van der Waals surface area contributed by atoms with Gasteiger partial charge in [-0.15, -0.1) is 6.42 Å². The van der Waals surface area contributed by atoms with Gasteiger partial charge in [-0.1, -0.05) is 5.92 Å². The van der Waals surface area contributed by atoms with Crippen LogP contribution in [0.25, 0.3) is 0 Å². The molecule has 0 saturated carbocycles. The van der Waals surface area contributed by atoms with Crippen LogP contribution >= 0.6 is 0 Å². The van der Waals surface area contributed by atoms with Crippen LogP contribution in [0.1, 0.15) is 26.2 Å². The molecule has 6 nitrogen and oxygen atoms in total. The standard InChI is InChI=1S/C13H19NO5S/c1-3-8-14(11-7-9-20(17,18)10-11)12(15)5-6-13(16)19-4-2/h1,11H,4-10H2,2H3. The van der Waals surface area contributed by atoms with Gasteiger partial charge < -0.3 is 9.64 Å². The molecule has 1 unspecified atom stereocenters. The molecule has 1 aliphatic rings. The molecule has 0 bridgehead atoms. The summed E-state index contributed by atoms with van der Waals surface area (Å²) in [4.78, 5) is 24.7. The molecule has 1 rings (SSSR count). The molecule has 1 saturated heterocycles. The van der Waals surface area contributed by atoms with Crippen LogP contribution in [0.3, 0.4) is 0 Å². The summed E-state index contributed by atoms with van der Waals surface area (Å²) >= 11 is 0. The van der Waals surface area contributed by atoms with E-state index in [0.717, 1.165) is 0 Å².